The zero-order valence-electron chi connectivity index (χ0n) is 9.06. The third-order valence-electron chi connectivity index (χ3n) is 2.84. The Morgan fingerprint density at radius 2 is 2.44 bits per heavy atom. The molecule has 1 aliphatic carbocycles. The highest BCUT2D eigenvalue weighted by Gasteiger charge is 2.40. The standard InChI is InChI=1S/C12H14O4/c1-4-9-6-10(13)7-12(5-2,8(9)3)16-11(14)15/h1,5,10,13H,2,6-7H2,3H3,(H,14,15)/t10-,12-/m1/s1. The van der Waals surface area contributed by atoms with Crippen molar-refractivity contribution in [1.82, 2.24) is 0 Å². The molecule has 2 atom stereocenters. The van der Waals surface area contributed by atoms with Gasteiger partial charge in [-0.15, -0.1) is 6.42 Å². The highest BCUT2D eigenvalue weighted by Crippen LogP contribution is 2.37. The second kappa shape index (κ2) is 4.42. The number of rotatable bonds is 2. The fourth-order valence-electron chi connectivity index (χ4n) is 1.94. The maximum absolute atomic E-state index is 10.7. The molecule has 2 N–H and O–H groups in total. The van der Waals surface area contributed by atoms with Gasteiger partial charge in [-0.05, 0) is 18.6 Å². The summed E-state index contributed by atoms with van der Waals surface area (Å²) < 4.78 is 4.83. The van der Waals surface area contributed by atoms with Crippen LogP contribution in [0, 0.1) is 12.3 Å². The molecule has 0 fully saturated rings. The number of aliphatic hydroxyl groups excluding tert-OH is 1. The Morgan fingerprint density at radius 1 is 1.81 bits per heavy atom. The van der Waals surface area contributed by atoms with Gasteiger partial charge in [0.2, 0.25) is 0 Å². The van der Waals surface area contributed by atoms with Gasteiger partial charge in [0.05, 0.1) is 6.10 Å². The van der Waals surface area contributed by atoms with Crippen molar-refractivity contribution >= 4 is 6.16 Å². The Labute approximate surface area is 94.2 Å². The third kappa shape index (κ3) is 2.10. The Balaban J connectivity index is 3.22. The molecule has 0 aromatic carbocycles. The van der Waals surface area contributed by atoms with Crippen molar-refractivity contribution in [3.05, 3.63) is 23.8 Å². The number of hydrogen-bond acceptors (Lipinski definition) is 3. The van der Waals surface area contributed by atoms with E-state index in [0.717, 1.165) is 0 Å². The Bertz CT molecular complexity index is 388. The minimum atomic E-state index is -1.41. The summed E-state index contributed by atoms with van der Waals surface area (Å²) in [6.45, 7) is 5.26. The van der Waals surface area contributed by atoms with E-state index in [1.807, 2.05) is 0 Å². The van der Waals surface area contributed by atoms with Crippen LogP contribution in [0.25, 0.3) is 0 Å². The van der Waals surface area contributed by atoms with E-state index in [2.05, 4.69) is 12.5 Å². The lowest BCUT2D eigenvalue weighted by molar-refractivity contribution is -0.00495. The van der Waals surface area contributed by atoms with Crippen molar-refractivity contribution in [1.29, 1.82) is 0 Å². The zero-order valence-corrected chi connectivity index (χ0v) is 9.06. The van der Waals surface area contributed by atoms with Crippen LogP contribution in [0.2, 0.25) is 0 Å². The van der Waals surface area contributed by atoms with Crippen molar-refractivity contribution in [2.24, 2.45) is 0 Å². The van der Waals surface area contributed by atoms with Crippen molar-refractivity contribution in [3.63, 3.8) is 0 Å². The van der Waals surface area contributed by atoms with Crippen LogP contribution in [0.3, 0.4) is 0 Å². The van der Waals surface area contributed by atoms with Crippen LogP contribution < -0.4 is 0 Å². The van der Waals surface area contributed by atoms with Gasteiger partial charge in [-0.25, -0.2) is 4.79 Å². The van der Waals surface area contributed by atoms with Gasteiger partial charge in [-0.1, -0.05) is 12.5 Å². The van der Waals surface area contributed by atoms with Crippen LogP contribution in [-0.4, -0.2) is 28.1 Å². The van der Waals surface area contributed by atoms with Gasteiger partial charge in [0.1, 0.15) is 0 Å². The largest absolute Gasteiger partial charge is 0.506 e. The average Bonchev–Trinajstić information content (AvgIpc) is 2.22. The summed E-state index contributed by atoms with van der Waals surface area (Å²) >= 11 is 0. The maximum Gasteiger partial charge on any atom is 0.506 e. The van der Waals surface area contributed by atoms with E-state index < -0.39 is 17.9 Å². The lowest BCUT2D eigenvalue weighted by Gasteiger charge is -2.36. The SMILES string of the molecule is C#CC1=C(C)[C@](C=C)(OC(=O)O)C[C@H](O)C1. The first-order valence-electron chi connectivity index (χ1n) is 4.85. The molecule has 0 radical (unpaired) electrons. The molecule has 0 spiro atoms. The molecule has 0 amide bonds. The van der Waals surface area contributed by atoms with E-state index in [-0.39, 0.29) is 6.42 Å². The first-order valence-corrected chi connectivity index (χ1v) is 4.85. The molecule has 0 saturated heterocycles. The van der Waals surface area contributed by atoms with Gasteiger partial charge in [0.25, 0.3) is 0 Å². The molecule has 0 unspecified atom stereocenters. The predicted octanol–water partition coefficient (Wildman–Crippen LogP) is 1.71. The van der Waals surface area contributed by atoms with Crippen molar-refractivity contribution < 1.29 is 19.7 Å². The molecule has 1 rings (SSSR count). The monoisotopic (exact) mass is 222 g/mol. The van der Waals surface area contributed by atoms with Gasteiger partial charge < -0.3 is 14.9 Å². The Hall–Kier alpha value is -1.73. The smallest absolute Gasteiger partial charge is 0.450 e. The molecule has 4 heteroatoms. The van der Waals surface area contributed by atoms with E-state index in [9.17, 15) is 9.90 Å². The molecule has 0 aromatic rings. The van der Waals surface area contributed by atoms with E-state index >= 15 is 0 Å². The van der Waals surface area contributed by atoms with Crippen molar-refractivity contribution in [2.75, 3.05) is 0 Å². The van der Waals surface area contributed by atoms with Crippen molar-refractivity contribution in [2.45, 2.75) is 31.5 Å². The molecule has 1 aliphatic rings. The van der Waals surface area contributed by atoms with Gasteiger partial charge in [0.15, 0.2) is 5.60 Å². The predicted molar refractivity (Wildman–Crippen MR) is 58.8 cm³/mol. The van der Waals surface area contributed by atoms with Crippen LogP contribution in [0.5, 0.6) is 0 Å². The van der Waals surface area contributed by atoms with Gasteiger partial charge in [-0.3, -0.25) is 0 Å². The number of aliphatic hydroxyl groups is 1. The Morgan fingerprint density at radius 3 is 2.88 bits per heavy atom. The summed E-state index contributed by atoms with van der Waals surface area (Å²) in [7, 11) is 0. The zero-order chi connectivity index (χ0) is 12.3. The summed E-state index contributed by atoms with van der Waals surface area (Å²) in [5, 5.41) is 18.4. The molecule has 86 valence electrons. The second-order valence-corrected chi connectivity index (χ2v) is 3.77. The van der Waals surface area contributed by atoms with Gasteiger partial charge >= 0.3 is 6.16 Å². The van der Waals surface area contributed by atoms with Gasteiger partial charge in [-0.2, -0.15) is 0 Å². The molecular formula is C12H14O4. The summed E-state index contributed by atoms with van der Waals surface area (Å²) in [4.78, 5) is 10.7. The van der Waals surface area contributed by atoms with Crippen LogP contribution in [0.1, 0.15) is 19.8 Å². The molecule has 4 nitrogen and oxygen atoms in total. The summed E-state index contributed by atoms with van der Waals surface area (Å²) in [5.41, 5.74) is -0.0109. The molecular weight excluding hydrogens is 208 g/mol. The highest BCUT2D eigenvalue weighted by atomic mass is 16.7. The molecule has 0 aliphatic heterocycles. The summed E-state index contributed by atoms with van der Waals surface area (Å²) in [6, 6.07) is 0. The first kappa shape index (κ1) is 12.3. The highest BCUT2D eigenvalue weighted by molar-refractivity contribution is 5.60. The number of terminal acetylenes is 1. The fraction of sp³-hybridized carbons (Fsp3) is 0.417. The minimum Gasteiger partial charge on any atom is -0.450 e. The van der Waals surface area contributed by atoms with E-state index in [4.69, 9.17) is 16.3 Å². The molecule has 0 heterocycles. The third-order valence-corrected chi connectivity index (χ3v) is 2.84. The van der Waals surface area contributed by atoms with Gasteiger partial charge in [0, 0.05) is 18.4 Å². The van der Waals surface area contributed by atoms with E-state index in [1.54, 1.807) is 6.92 Å². The quantitative estimate of drug-likeness (QED) is 0.424. The molecule has 0 bridgehead atoms. The second-order valence-electron chi connectivity index (χ2n) is 3.77. The fourth-order valence-corrected chi connectivity index (χ4v) is 1.94. The van der Waals surface area contributed by atoms with E-state index in [1.165, 1.54) is 6.08 Å². The van der Waals surface area contributed by atoms with E-state index in [0.29, 0.717) is 17.6 Å². The lowest BCUT2D eigenvalue weighted by atomic mass is 9.78. The number of carboxylic acid groups (broad SMARTS) is 1. The average molecular weight is 222 g/mol. The van der Waals surface area contributed by atoms with Crippen LogP contribution in [0.4, 0.5) is 4.79 Å². The maximum atomic E-state index is 10.7. The molecule has 0 aromatic heterocycles. The molecule has 0 saturated carbocycles. The Kier molecular flexibility index (Phi) is 3.41. The normalized spacial score (nSPS) is 29.4. The topological polar surface area (TPSA) is 66.8 Å². The van der Waals surface area contributed by atoms with Crippen LogP contribution in [0.15, 0.2) is 23.8 Å². The van der Waals surface area contributed by atoms with Crippen molar-refractivity contribution in [3.8, 4) is 12.3 Å². The first-order chi connectivity index (χ1) is 7.45. The number of carbonyl (C=O) groups is 1. The summed E-state index contributed by atoms with van der Waals surface area (Å²) in [5.74, 6) is 2.45. The minimum absolute atomic E-state index is 0.153. The summed E-state index contributed by atoms with van der Waals surface area (Å²) in [6.07, 6.45) is 5.05. The van der Waals surface area contributed by atoms with Crippen LogP contribution >= 0.6 is 0 Å². The number of hydrogen-bond donors (Lipinski definition) is 2. The van der Waals surface area contributed by atoms with Crippen LogP contribution in [-0.2, 0) is 4.74 Å². The molecule has 16 heavy (non-hydrogen) atoms. The lowest BCUT2D eigenvalue weighted by Crippen LogP contribution is -2.41. The number of ether oxygens (including phenoxy) is 1.